The van der Waals surface area contributed by atoms with Gasteiger partial charge in [0.2, 0.25) is 0 Å². The van der Waals surface area contributed by atoms with E-state index in [-0.39, 0.29) is 10.6 Å². The Balaban J connectivity index is 1.90. The van der Waals surface area contributed by atoms with Crippen LogP contribution in [-0.4, -0.2) is 27.4 Å². The maximum absolute atomic E-state index is 12.5. The highest BCUT2D eigenvalue weighted by atomic mass is 35.5. The number of carbonyl (C=O) groups excluding carboxylic acids is 1. The quantitative estimate of drug-likeness (QED) is 0.830. The first-order valence-corrected chi connectivity index (χ1v) is 9.70. The lowest BCUT2D eigenvalue weighted by molar-refractivity contribution is 0.102. The summed E-state index contributed by atoms with van der Waals surface area (Å²) < 4.78 is 28.0. The van der Waals surface area contributed by atoms with Crippen LogP contribution in [0.2, 0.25) is 10.0 Å². The lowest BCUT2D eigenvalue weighted by Crippen LogP contribution is -2.47. The summed E-state index contributed by atoms with van der Waals surface area (Å²) in [4.78, 5) is 12.5. The molecule has 132 valence electrons. The molecule has 0 spiro atoms. The van der Waals surface area contributed by atoms with Crippen molar-refractivity contribution in [3.8, 4) is 0 Å². The minimum absolute atomic E-state index is 0.180. The van der Waals surface area contributed by atoms with E-state index < -0.39 is 16.1 Å². The first-order chi connectivity index (χ1) is 11.9. The van der Waals surface area contributed by atoms with E-state index in [0.29, 0.717) is 35.9 Å². The molecule has 6 nitrogen and oxygen atoms in total. The smallest absolute Gasteiger partial charge is 0.301 e. The van der Waals surface area contributed by atoms with Gasteiger partial charge in [0.15, 0.2) is 0 Å². The summed E-state index contributed by atoms with van der Waals surface area (Å²) in [5.74, 6) is -0.448. The molecule has 9 heteroatoms. The number of anilines is 2. The van der Waals surface area contributed by atoms with Crippen LogP contribution in [0.25, 0.3) is 0 Å². The molecule has 1 aliphatic rings. The number of halogens is 2. The van der Waals surface area contributed by atoms with Crippen LogP contribution >= 0.6 is 23.2 Å². The maximum Gasteiger partial charge on any atom is 0.301 e. The Kier molecular flexibility index (Phi) is 5.19. The first-order valence-electron chi connectivity index (χ1n) is 7.50. The van der Waals surface area contributed by atoms with Crippen molar-refractivity contribution >= 4 is 50.7 Å². The highest BCUT2D eigenvalue weighted by molar-refractivity contribution is 7.90. The monoisotopic (exact) mass is 399 g/mol. The Hall–Kier alpha value is -1.80. The molecule has 25 heavy (non-hydrogen) atoms. The van der Waals surface area contributed by atoms with Crippen molar-refractivity contribution in [1.29, 1.82) is 0 Å². The molecule has 1 saturated heterocycles. The van der Waals surface area contributed by atoms with Crippen LogP contribution in [0.5, 0.6) is 0 Å². The SMILES string of the molecule is O=C(Nc1cccc(Cl)c1)c1cc(N2CCCNS2(=O)=O)ccc1Cl. The zero-order chi connectivity index (χ0) is 18.0. The van der Waals surface area contributed by atoms with Crippen LogP contribution in [0.1, 0.15) is 16.8 Å². The van der Waals surface area contributed by atoms with Crippen LogP contribution in [0, 0.1) is 0 Å². The van der Waals surface area contributed by atoms with Gasteiger partial charge in [0.25, 0.3) is 5.91 Å². The Labute approximate surface area is 155 Å². The Morgan fingerprint density at radius 1 is 1.16 bits per heavy atom. The van der Waals surface area contributed by atoms with Gasteiger partial charge >= 0.3 is 10.2 Å². The highest BCUT2D eigenvalue weighted by Crippen LogP contribution is 2.27. The van der Waals surface area contributed by atoms with Crippen LogP contribution in [0.3, 0.4) is 0 Å². The van der Waals surface area contributed by atoms with Gasteiger partial charge in [-0.1, -0.05) is 29.3 Å². The fourth-order valence-electron chi connectivity index (χ4n) is 2.50. The number of hydrogen-bond donors (Lipinski definition) is 2. The highest BCUT2D eigenvalue weighted by Gasteiger charge is 2.26. The van der Waals surface area contributed by atoms with E-state index in [0.717, 1.165) is 0 Å². The second-order valence-corrected chi connectivity index (χ2v) is 7.98. The van der Waals surface area contributed by atoms with Crippen molar-refractivity contribution in [3.05, 3.63) is 58.1 Å². The van der Waals surface area contributed by atoms with Gasteiger partial charge in [0, 0.05) is 23.8 Å². The van der Waals surface area contributed by atoms with E-state index in [1.807, 2.05) is 0 Å². The Morgan fingerprint density at radius 2 is 1.96 bits per heavy atom. The zero-order valence-corrected chi connectivity index (χ0v) is 15.3. The molecule has 0 atom stereocenters. The van der Waals surface area contributed by atoms with Gasteiger partial charge in [-0.05, 0) is 42.8 Å². The predicted octanol–water partition coefficient (Wildman–Crippen LogP) is 3.29. The molecule has 1 amide bonds. The van der Waals surface area contributed by atoms with Crippen molar-refractivity contribution in [2.24, 2.45) is 0 Å². The molecule has 0 bridgehead atoms. The van der Waals surface area contributed by atoms with Gasteiger partial charge in [-0.2, -0.15) is 13.1 Å². The molecule has 2 aromatic rings. The van der Waals surface area contributed by atoms with E-state index in [2.05, 4.69) is 10.0 Å². The van der Waals surface area contributed by atoms with Crippen LogP contribution in [0.4, 0.5) is 11.4 Å². The summed E-state index contributed by atoms with van der Waals surface area (Å²) in [6.45, 7) is 0.737. The van der Waals surface area contributed by atoms with E-state index in [1.54, 1.807) is 30.3 Å². The van der Waals surface area contributed by atoms with Gasteiger partial charge in [0.1, 0.15) is 0 Å². The third-order valence-corrected chi connectivity index (χ3v) is 5.78. The average Bonchev–Trinajstić information content (AvgIpc) is 2.55. The molecule has 1 heterocycles. The van der Waals surface area contributed by atoms with Crippen molar-refractivity contribution in [2.45, 2.75) is 6.42 Å². The third-order valence-electron chi connectivity index (χ3n) is 3.68. The summed E-state index contributed by atoms with van der Waals surface area (Å²) in [6, 6.07) is 11.3. The largest absolute Gasteiger partial charge is 0.322 e. The molecule has 3 rings (SSSR count). The molecule has 0 unspecified atom stereocenters. The van der Waals surface area contributed by atoms with E-state index >= 15 is 0 Å². The van der Waals surface area contributed by atoms with Gasteiger partial charge in [0.05, 0.1) is 16.3 Å². The summed E-state index contributed by atoms with van der Waals surface area (Å²) in [5, 5.41) is 3.42. The topological polar surface area (TPSA) is 78.5 Å². The molecule has 2 N–H and O–H groups in total. The molecular formula is C16H15Cl2N3O3S. The number of amides is 1. The number of benzene rings is 2. The molecule has 2 aromatic carbocycles. The first kappa shape index (κ1) is 18.0. The van der Waals surface area contributed by atoms with Gasteiger partial charge in [-0.15, -0.1) is 0 Å². The fourth-order valence-corrected chi connectivity index (χ4v) is 4.21. The van der Waals surface area contributed by atoms with Crippen molar-refractivity contribution in [3.63, 3.8) is 0 Å². The molecule has 0 aliphatic carbocycles. The number of nitrogens with zero attached hydrogens (tertiary/aromatic N) is 1. The van der Waals surface area contributed by atoms with E-state index in [4.69, 9.17) is 23.2 Å². The van der Waals surface area contributed by atoms with Gasteiger partial charge in [-0.25, -0.2) is 0 Å². The molecular weight excluding hydrogens is 385 g/mol. The standard InChI is InChI=1S/C16H15Cl2N3O3S/c17-11-3-1-4-12(9-11)20-16(22)14-10-13(5-6-15(14)18)21-8-2-7-19-25(21,23)24/h1,3-6,9-10,19H,2,7-8H2,(H,20,22). The lowest BCUT2D eigenvalue weighted by atomic mass is 10.1. The summed E-state index contributed by atoms with van der Waals surface area (Å²) in [7, 11) is -3.61. The predicted molar refractivity (Wildman–Crippen MR) is 99.7 cm³/mol. The third kappa shape index (κ3) is 4.07. The average molecular weight is 400 g/mol. The molecule has 0 radical (unpaired) electrons. The summed E-state index contributed by atoms with van der Waals surface area (Å²) in [6.07, 6.45) is 0.673. The zero-order valence-electron chi connectivity index (χ0n) is 13.0. The number of hydrogen-bond acceptors (Lipinski definition) is 3. The van der Waals surface area contributed by atoms with Crippen LogP contribution in [0.15, 0.2) is 42.5 Å². The Morgan fingerprint density at radius 3 is 2.68 bits per heavy atom. The summed E-state index contributed by atoms with van der Waals surface area (Å²) >= 11 is 12.0. The molecule has 0 aromatic heterocycles. The lowest BCUT2D eigenvalue weighted by Gasteiger charge is -2.29. The minimum atomic E-state index is -3.61. The van der Waals surface area contributed by atoms with Crippen LogP contribution in [-0.2, 0) is 10.2 Å². The molecule has 1 aliphatic heterocycles. The van der Waals surface area contributed by atoms with Gasteiger partial charge < -0.3 is 5.32 Å². The molecule has 0 saturated carbocycles. The van der Waals surface area contributed by atoms with Crippen molar-refractivity contribution in [1.82, 2.24) is 4.72 Å². The van der Waals surface area contributed by atoms with E-state index in [1.165, 1.54) is 16.4 Å². The summed E-state index contributed by atoms with van der Waals surface area (Å²) in [5.41, 5.74) is 1.08. The fraction of sp³-hybridized carbons (Fsp3) is 0.188. The van der Waals surface area contributed by atoms with Crippen molar-refractivity contribution < 1.29 is 13.2 Å². The second kappa shape index (κ2) is 7.21. The van der Waals surface area contributed by atoms with Crippen LogP contribution < -0.4 is 14.3 Å². The molecule has 1 fully saturated rings. The maximum atomic E-state index is 12.5. The van der Waals surface area contributed by atoms with Crippen molar-refractivity contribution in [2.75, 3.05) is 22.7 Å². The second-order valence-electron chi connectivity index (χ2n) is 5.45. The van der Waals surface area contributed by atoms with E-state index in [9.17, 15) is 13.2 Å². The number of carbonyl (C=O) groups is 1. The van der Waals surface area contributed by atoms with Gasteiger partial charge in [-0.3, -0.25) is 9.10 Å². The minimum Gasteiger partial charge on any atom is -0.322 e. The normalized spacial score (nSPS) is 16.5. The number of nitrogens with one attached hydrogen (secondary N) is 2. The number of rotatable bonds is 3. The Bertz CT molecular complexity index is 919.